The van der Waals surface area contributed by atoms with Crippen LogP contribution in [0.25, 0.3) is 0 Å². The van der Waals surface area contributed by atoms with Gasteiger partial charge in [-0.1, -0.05) is 73.0 Å². The summed E-state index contributed by atoms with van der Waals surface area (Å²) in [6, 6.07) is 0. The molecule has 0 heterocycles. The second-order valence-electron chi connectivity index (χ2n) is 7.59. The van der Waals surface area contributed by atoms with Crippen molar-refractivity contribution >= 4 is 0 Å². The molecule has 0 aliphatic heterocycles. The summed E-state index contributed by atoms with van der Waals surface area (Å²) >= 11 is 0. The largest absolute Gasteiger partial charge is 0.0885 e. The molecule has 0 aromatic carbocycles. The summed E-state index contributed by atoms with van der Waals surface area (Å²) in [7, 11) is 0. The van der Waals surface area contributed by atoms with E-state index in [9.17, 15) is 0 Å². The highest BCUT2D eigenvalue weighted by Crippen LogP contribution is 2.26. The third-order valence-electron chi connectivity index (χ3n) is 4.44. The lowest BCUT2D eigenvalue weighted by Gasteiger charge is -2.24. The van der Waals surface area contributed by atoms with E-state index >= 15 is 0 Å². The molecule has 0 aromatic rings. The zero-order valence-electron chi connectivity index (χ0n) is 15.1. The molecule has 0 radical (unpaired) electrons. The first kappa shape index (κ1) is 19.7. The lowest BCUT2D eigenvalue weighted by molar-refractivity contribution is 0.264. The highest BCUT2D eigenvalue weighted by atomic mass is 14.2. The van der Waals surface area contributed by atoms with E-state index in [4.69, 9.17) is 0 Å². The van der Waals surface area contributed by atoms with Crippen molar-refractivity contribution in [3.8, 4) is 0 Å². The van der Waals surface area contributed by atoms with Crippen LogP contribution >= 0.6 is 0 Å². The Morgan fingerprint density at radius 1 is 0.600 bits per heavy atom. The summed E-state index contributed by atoms with van der Waals surface area (Å²) in [5.41, 5.74) is 0. The molecule has 0 aliphatic carbocycles. The predicted octanol–water partition coefficient (Wildman–Crippen LogP) is 7.25. The molecular weight excluding hydrogens is 240 g/mol. The third-order valence-corrected chi connectivity index (χ3v) is 4.44. The van der Waals surface area contributed by atoms with Gasteiger partial charge in [-0.25, -0.2) is 0 Å². The molecule has 0 heteroatoms. The van der Waals surface area contributed by atoms with E-state index < -0.39 is 0 Å². The van der Waals surface area contributed by atoms with Crippen LogP contribution in [-0.4, -0.2) is 0 Å². The Balaban J connectivity index is 3.48. The van der Waals surface area contributed by atoms with Crippen molar-refractivity contribution in [2.24, 2.45) is 23.7 Å². The van der Waals surface area contributed by atoms with E-state index in [1.807, 2.05) is 0 Å². The van der Waals surface area contributed by atoms with Crippen LogP contribution < -0.4 is 0 Å². The molecule has 0 unspecified atom stereocenters. The monoisotopic (exact) mass is 280 g/mol. The summed E-state index contributed by atoms with van der Waals surface area (Å²) in [5.74, 6) is 3.44. The molecule has 20 heavy (non-hydrogen) atoms. The highest BCUT2D eigenvalue weighted by Gasteiger charge is 2.16. The molecule has 0 aliphatic rings. The van der Waals surface area contributed by atoms with Gasteiger partial charge < -0.3 is 0 Å². The highest BCUT2D eigenvalue weighted by molar-refractivity contribution is 4.82. The van der Waals surface area contributed by atoms with Gasteiger partial charge in [-0.15, -0.1) is 0 Å². The molecule has 0 spiro atoms. The van der Waals surface area contributed by atoms with Crippen LogP contribution in [0.1, 0.15) is 92.9 Å². The number of hydrogen-bond donors (Lipinski definition) is 0. The van der Waals surface area contributed by atoms with Gasteiger partial charge in [0, 0.05) is 0 Å². The normalized spacial score (nSPS) is 12.7. The fraction of sp³-hybridized carbons (Fsp3) is 0.900. The summed E-state index contributed by atoms with van der Waals surface area (Å²) < 4.78 is 0. The van der Waals surface area contributed by atoms with Crippen molar-refractivity contribution in [3.05, 3.63) is 12.2 Å². The van der Waals surface area contributed by atoms with E-state index in [1.165, 1.54) is 51.4 Å². The maximum Gasteiger partial charge on any atom is -0.0351 e. The molecule has 0 amide bonds. The Labute approximate surface area is 129 Å². The molecule has 0 saturated carbocycles. The van der Waals surface area contributed by atoms with E-state index in [0.29, 0.717) is 0 Å². The fourth-order valence-corrected chi connectivity index (χ4v) is 3.14. The topological polar surface area (TPSA) is 0 Å². The van der Waals surface area contributed by atoms with Crippen molar-refractivity contribution < 1.29 is 0 Å². The van der Waals surface area contributed by atoms with E-state index in [-0.39, 0.29) is 0 Å². The Kier molecular flexibility index (Phi) is 12.3. The van der Waals surface area contributed by atoms with Gasteiger partial charge in [-0.3, -0.25) is 0 Å². The fourth-order valence-electron chi connectivity index (χ4n) is 3.14. The molecule has 0 fully saturated rings. The van der Waals surface area contributed by atoms with E-state index in [0.717, 1.165) is 23.7 Å². The van der Waals surface area contributed by atoms with Crippen LogP contribution in [-0.2, 0) is 0 Å². The molecule has 0 nitrogen and oxygen atoms in total. The minimum Gasteiger partial charge on any atom is -0.0885 e. The predicted molar refractivity (Wildman–Crippen MR) is 94.1 cm³/mol. The van der Waals surface area contributed by atoms with Crippen LogP contribution in [0, 0.1) is 23.7 Å². The van der Waals surface area contributed by atoms with Crippen molar-refractivity contribution in [1.82, 2.24) is 0 Å². The van der Waals surface area contributed by atoms with Gasteiger partial charge in [-0.05, 0) is 55.8 Å². The zero-order valence-corrected chi connectivity index (χ0v) is 15.1. The van der Waals surface area contributed by atoms with E-state index in [2.05, 4.69) is 53.7 Å². The van der Waals surface area contributed by atoms with Gasteiger partial charge >= 0.3 is 0 Å². The lowest BCUT2D eigenvalue weighted by Crippen LogP contribution is -2.15. The summed E-state index contributed by atoms with van der Waals surface area (Å²) in [6.07, 6.45) is 15.8. The van der Waals surface area contributed by atoms with Crippen molar-refractivity contribution in [2.75, 3.05) is 0 Å². The second kappa shape index (κ2) is 12.5. The molecule has 0 rings (SSSR count). The van der Waals surface area contributed by atoms with Crippen molar-refractivity contribution in [2.45, 2.75) is 92.9 Å². The molecule has 0 saturated heterocycles. The van der Waals surface area contributed by atoms with Crippen molar-refractivity contribution in [1.29, 1.82) is 0 Å². The first-order valence-electron chi connectivity index (χ1n) is 9.10. The molecule has 0 aromatic heterocycles. The van der Waals surface area contributed by atoms with Gasteiger partial charge in [0.1, 0.15) is 0 Å². The van der Waals surface area contributed by atoms with Gasteiger partial charge in [-0.2, -0.15) is 0 Å². The van der Waals surface area contributed by atoms with Crippen LogP contribution in [0.5, 0.6) is 0 Å². The average Bonchev–Trinajstić information content (AvgIpc) is 2.34. The summed E-state index contributed by atoms with van der Waals surface area (Å²) in [6.45, 7) is 14.1. The zero-order chi connectivity index (χ0) is 15.4. The Bertz CT molecular complexity index is 214. The van der Waals surface area contributed by atoms with Crippen LogP contribution in [0.4, 0.5) is 0 Å². The minimum atomic E-state index is 0.833. The first-order chi connectivity index (χ1) is 9.45. The maximum absolute atomic E-state index is 2.42. The lowest BCUT2D eigenvalue weighted by atomic mass is 9.82. The molecule has 0 atom stereocenters. The standard InChI is InChI=1S/C20H40/c1-17(2)15-13-11-9-7-8-10-12-14-16-20(18(3)4)19(5)6/h8,10,17-20H,7,9,11-16H2,1-6H3/b10-8-. The third kappa shape index (κ3) is 11.6. The molecule has 0 N–H and O–H groups in total. The van der Waals surface area contributed by atoms with Crippen molar-refractivity contribution in [3.63, 3.8) is 0 Å². The Morgan fingerprint density at radius 2 is 1.15 bits per heavy atom. The smallest absolute Gasteiger partial charge is 0.0351 e. The maximum atomic E-state index is 2.42. The number of rotatable bonds is 12. The van der Waals surface area contributed by atoms with Gasteiger partial charge in [0.05, 0.1) is 0 Å². The van der Waals surface area contributed by atoms with E-state index in [1.54, 1.807) is 0 Å². The second-order valence-corrected chi connectivity index (χ2v) is 7.59. The number of allylic oxidation sites excluding steroid dienone is 2. The first-order valence-corrected chi connectivity index (χ1v) is 9.10. The number of hydrogen-bond acceptors (Lipinski definition) is 0. The molecular formula is C20H40. The summed E-state index contributed by atoms with van der Waals surface area (Å²) in [4.78, 5) is 0. The van der Waals surface area contributed by atoms with Crippen LogP contribution in [0.15, 0.2) is 12.2 Å². The average molecular weight is 281 g/mol. The Morgan fingerprint density at radius 3 is 1.65 bits per heavy atom. The van der Waals surface area contributed by atoms with Gasteiger partial charge in [0.15, 0.2) is 0 Å². The minimum absolute atomic E-state index is 0.833. The van der Waals surface area contributed by atoms with Gasteiger partial charge in [0.2, 0.25) is 0 Å². The van der Waals surface area contributed by atoms with Gasteiger partial charge in [0.25, 0.3) is 0 Å². The number of unbranched alkanes of at least 4 members (excludes halogenated alkanes) is 4. The Hall–Kier alpha value is -0.260. The summed E-state index contributed by atoms with van der Waals surface area (Å²) in [5, 5.41) is 0. The van der Waals surface area contributed by atoms with Crippen LogP contribution in [0.3, 0.4) is 0 Å². The molecule has 120 valence electrons. The SMILES string of the molecule is CC(C)CCCCC/C=C\CCCC(C(C)C)C(C)C. The quantitative estimate of drug-likeness (QED) is 0.261. The molecule has 0 bridgehead atoms. The van der Waals surface area contributed by atoms with Crippen LogP contribution in [0.2, 0.25) is 0 Å².